The molecule has 1 heterocycles. The molecule has 3 rings (SSSR count). The molecule has 0 bridgehead atoms. The normalized spacial score (nSPS) is 15.4. The lowest BCUT2D eigenvalue weighted by molar-refractivity contribution is -0.384. The Morgan fingerprint density at radius 1 is 1.03 bits per heavy atom. The fourth-order valence-corrected chi connectivity index (χ4v) is 3.72. The zero-order valence-corrected chi connectivity index (χ0v) is 20.3. The van der Waals surface area contributed by atoms with Crippen LogP contribution in [0.15, 0.2) is 54.6 Å². The Hall–Kier alpha value is -4.48. The molecule has 2 aromatic carbocycles. The van der Waals surface area contributed by atoms with Gasteiger partial charge in [0.1, 0.15) is 31.8 Å². The number of hydrogen-bond donors (Lipinski definition) is 2. The monoisotopic (exact) mass is 512 g/mol. The average molecular weight is 513 g/mol. The van der Waals surface area contributed by atoms with Crippen LogP contribution in [0.1, 0.15) is 30.9 Å². The second kappa shape index (κ2) is 13.0. The third-order valence-electron chi connectivity index (χ3n) is 5.71. The van der Waals surface area contributed by atoms with E-state index in [0.29, 0.717) is 24.9 Å². The molecule has 0 radical (unpaired) electrons. The highest BCUT2D eigenvalue weighted by Crippen LogP contribution is 2.18. The zero-order chi connectivity index (χ0) is 26.8. The summed E-state index contributed by atoms with van der Waals surface area (Å²) in [7, 11) is 0. The molecule has 196 valence electrons. The number of rotatable bonds is 10. The van der Waals surface area contributed by atoms with E-state index in [4.69, 9.17) is 9.47 Å². The van der Waals surface area contributed by atoms with Gasteiger partial charge in [0.25, 0.3) is 5.69 Å². The number of nitro groups is 1. The number of benzene rings is 2. The van der Waals surface area contributed by atoms with Crippen LogP contribution in [0.4, 0.5) is 10.5 Å². The number of nitrogens with zero attached hydrogens (tertiary/aromatic N) is 2. The summed E-state index contributed by atoms with van der Waals surface area (Å²) in [4.78, 5) is 61.2. The minimum absolute atomic E-state index is 0.0633. The summed E-state index contributed by atoms with van der Waals surface area (Å²) in [6.07, 6.45) is 0.267. The standard InChI is InChI=1S/C25H28N4O8/c1-17(24(32)36-15-19-9-11-20(12-10-19)29(34)35)27-23(31)21-8-5-13-28(21)22(30)14-26-25(33)37-16-18-6-3-2-4-7-18/h2-4,6-7,9-12,17,21H,5,8,13-16H2,1H3,(H,26,33)(H,27,31)/t17-,21-/m1/s1. The number of hydrogen-bond acceptors (Lipinski definition) is 8. The molecule has 12 heteroatoms. The van der Waals surface area contributed by atoms with Gasteiger partial charge in [-0.05, 0) is 43.0 Å². The van der Waals surface area contributed by atoms with Gasteiger partial charge in [-0.3, -0.25) is 19.7 Å². The van der Waals surface area contributed by atoms with E-state index in [1.807, 2.05) is 18.2 Å². The quantitative estimate of drug-likeness (QED) is 0.278. The van der Waals surface area contributed by atoms with E-state index in [1.165, 1.54) is 36.1 Å². The summed E-state index contributed by atoms with van der Waals surface area (Å²) in [5, 5.41) is 15.7. The molecule has 2 N–H and O–H groups in total. The lowest BCUT2D eigenvalue weighted by Gasteiger charge is -2.25. The molecular weight excluding hydrogens is 484 g/mol. The fourth-order valence-electron chi connectivity index (χ4n) is 3.72. The highest BCUT2D eigenvalue weighted by molar-refractivity contribution is 5.92. The third kappa shape index (κ3) is 8.02. The number of alkyl carbamates (subject to hydrolysis) is 1. The van der Waals surface area contributed by atoms with Crippen molar-refractivity contribution in [2.45, 2.75) is 45.1 Å². The second-order valence-electron chi connectivity index (χ2n) is 8.42. The number of ether oxygens (including phenoxy) is 2. The third-order valence-corrected chi connectivity index (χ3v) is 5.71. The minimum Gasteiger partial charge on any atom is -0.459 e. The summed E-state index contributed by atoms with van der Waals surface area (Å²) in [5.41, 5.74) is 1.28. The predicted molar refractivity (Wildman–Crippen MR) is 130 cm³/mol. The minimum atomic E-state index is -0.978. The topological polar surface area (TPSA) is 157 Å². The summed E-state index contributed by atoms with van der Waals surface area (Å²) in [6.45, 7) is 1.42. The maximum Gasteiger partial charge on any atom is 0.407 e. The number of likely N-dealkylation sites (tertiary alicyclic amines) is 1. The van der Waals surface area contributed by atoms with Gasteiger partial charge < -0.3 is 25.0 Å². The summed E-state index contributed by atoms with van der Waals surface area (Å²) in [5.74, 6) is -1.63. The Balaban J connectivity index is 1.42. The van der Waals surface area contributed by atoms with Crippen molar-refractivity contribution in [3.05, 3.63) is 75.8 Å². The largest absolute Gasteiger partial charge is 0.459 e. The van der Waals surface area contributed by atoms with Crippen LogP contribution in [-0.4, -0.2) is 58.9 Å². The first kappa shape index (κ1) is 27.1. The van der Waals surface area contributed by atoms with Gasteiger partial charge in [0, 0.05) is 18.7 Å². The van der Waals surface area contributed by atoms with Crippen molar-refractivity contribution >= 4 is 29.6 Å². The maximum absolute atomic E-state index is 12.8. The number of nitro benzene ring substituents is 1. The highest BCUT2D eigenvalue weighted by atomic mass is 16.6. The van der Waals surface area contributed by atoms with Crippen LogP contribution < -0.4 is 10.6 Å². The van der Waals surface area contributed by atoms with E-state index in [1.54, 1.807) is 12.1 Å². The van der Waals surface area contributed by atoms with Crippen molar-refractivity contribution in [2.75, 3.05) is 13.1 Å². The molecule has 2 aromatic rings. The maximum atomic E-state index is 12.8. The summed E-state index contributed by atoms with van der Waals surface area (Å²) < 4.78 is 10.3. The van der Waals surface area contributed by atoms with Gasteiger partial charge in [-0.15, -0.1) is 0 Å². The van der Waals surface area contributed by atoms with Crippen molar-refractivity contribution in [2.24, 2.45) is 0 Å². The summed E-state index contributed by atoms with van der Waals surface area (Å²) in [6, 6.07) is 12.9. The predicted octanol–water partition coefficient (Wildman–Crippen LogP) is 2.06. The Kier molecular flexibility index (Phi) is 9.53. The van der Waals surface area contributed by atoms with Crippen LogP contribution in [0.3, 0.4) is 0 Å². The van der Waals surface area contributed by atoms with Gasteiger partial charge in [-0.1, -0.05) is 30.3 Å². The molecule has 0 spiro atoms. The van der Waals surface area contributed by atoms with E-state index in [0.717, 1.165) is 5.56 Å². The van der Waals surface area contributed by atoms with Crippen LogP contribution in [0.2, 0.25) is 0 Å². The number of esters is 1. The number of non-ortho nitro benzene ring substituents is 1. The van der Waals surface area contributed by atoms with Crippen molar-refractivity contribution in [3.63, 3.8) is 0 Å². The second-order valence-corrected chi connectivity index (χ2v) is 8.42. The average Bonchev–Trinajstić information content (AvgIpc) is 3.40. The molecule has 2 atom stereocenters. The smallest absolute Gasteiger partial charge is 0.407 e. The zero-order valence-electron chi connectivity index (χ0n) is 20.3. The first-order valence-electron chi connectivity index (χ1n) is 11.7. The van der Waals surface area contributed by atoms with Gasteiger partial charge in [-0.2, -0.15) is 0 Å². The van der Waals surface area contributed by atoms with Gasteiger partial charge in [-0.25, -0.2) is 9.59 Å². The highest BCUT2D eigenvalue weighted by Gasteiger charge is 2.35. The number of amides is 3. The fraction of sp³-hybridized carbons (Fsp3) is 0.360. The number of carbonyl (C=O) groups is 4. The Morgan fingerprint density at radius 2 is 1.68 bits per heavy atom. The van der Waals surface area contributed by atoms with Gasteiger partial charge in [0.15, 0.2) is 0 Å². The lowest BCUT2D eigenvalue weighted by Crippen LogP contribution is -2.52. The first-order chi connectivity index (χ1) is 17.7. The van der Waals surface area contributed by atoms with E-state index >= 15 is 0 Å². The first-order valence-corrected chi connectivity index (χ1v) is 11.7. The molecule has 0 unspecified atom stereocenters. The lowest BCUT2D eigenvalue weighted by atomic mass is 10.2. The molecule has 1 aliphatic heterocycles. The van der Waals surface area contributed by atoms with Crippen molar-refractivity contribution < 1.29 is 33.6 Å². The van der Waals surface area contributed by atoms with Crippen LogP contribution in [0, 0.1) is 10.1 Å². The van der Waals surface area contributed by atoms with Crippen LogP contribution in [0.25, 0.3) is 0 Å². The molecule has 1 saturated heterocycles. The van der Waals surface area contributed by atoms with E-state index in [-0.39, 0.29) is 25.4 Å². The number of nitrogens with one attached hydrogen (secondary N) is 2. The van der Waals surface area contributed by atoms with Crippen LogP contribution in [-0.2, 0) is 37.1 Å². The molecule has 0 saturated carbocycles. The molecule has 0 aromatic heterocycles. The molecule has 37 heavy (non-hydrogen) atoms. The van der Waals surface area contributed by atoms with Crippen molar-refractivity contribution in [1.82, 2.24) is 15.5 Å². The molecule has 12 nitrogen and oxygen atoms in total. The van der Waals surface area contributed by atoms with Crippen LogP contribution in [0.5, 0.6) is 0 Å². The SMILES string of the molecule is C[C@@H](NC(=O)[C@H]1CCCN1C(=O)CNC(=O)OCc1ccccc1)C(=O)OCc1ccc([N+](=O)[O-])cc1. The summed E-state index contributed by atoms with van der Waals surface area (Å²) >= 11 is 0. The number of carbonyl (C=O) groups excluding carboxylic acids is 4. The van der Waals surface area contributed by atoms with Crippen molar-refractivity contribution in [3.8, 4) is 0 Å². The molecule has 1 fully saturated rings. The van der Waals surface area contributed by atoms with E-state index in [9.17, 15) is 29.3 Å². The van der Waals surface area contributed by atoms with Gasteiger partial charge >= 0.3 is 12.1 Å². The molecular formula is C25H28N4O8. The van der Waals surface area contributed by atoms with Gasteiger partial charge in [0.2, 0.25) is 11.8 Å². The van der Waals surface area contributed by atoms with E-state index < -0.39 is 40.9 Å². The van der Waals surface area contributed by atoms with Gasteiger partial charge in [0.05, 0.1) is 4.92 Å². The Morgan fingerprint density at radius 3 is 2.35 bits per heavy atom. The van der Waals surface area contributed by atoms with Crippen molar-refractivity contribution in [1.29, 1.82) is 0 Å². The Bertz CT molecular complexity index is 1120. The molecule has 3 amide bonds. The molecule has 1 aliphatic rings. The van der Waals surface area contributed by atoms with E-state index in [2.05, 4.69) is 10.6 Å². The Labute approximate surface area is 213 Å². The molecule has 0 aliphatic carbocycles. The van der Waals surface area contributed by atoms with Crippen LogP contribution >= 0.6 is 0 Å².